The van der Waals surface area contributed by atoms with Gasteiger partial charge in [0, 0.05) is 12.8 Å². The van der Waals surface area contributed by atoms with E-state index in [1.165, 1.54) is 24.8 Å². The van der Waals surface area contributed by atoms with Crippen LogP contribution in [0, 0.1) is 23.7 Å². The van der Waals surface area contributed by atoms with E-state index in [4.69, 9.17) is 0 Å². The lowest BCUT2D eigenvalue weighted by Crippen LogP contribution is -1.71. The Morgan fingerprint density at radius 2 is 1.73 bits per heavy atom. The van der Waals surface area contributed by atoms with Crippen LogP contribution >= 0.6 is 0 Å². The van der Waals surface area contributed by atoms with Crippen molar-refractivity contribution in [2.75, 3.05) is 0 Å². The van der Waals surface area contributed by atoms with E-state index in [9.17, 15) is 0 Å². The summed E-state index contributed by atoms with van der Waals surface area (Å²) in [5.41, 5.74) is 1.33. The first-order valence-corrected chi connectivity index (χ1v) is 5.82. The molecular weight excluding hydrogens is 180 g/mol. The zero-order valence-corrected chi connectivity index (χ0v) is 10.3. The highest BCUT2D eigenvalue weighted by Crippen LogP contribution is 1.96. The Balaban J connectivity index is 3.46. The standard InChI is InChI=1S/C15H22/c1-4-5-6-7-8-9-10-11-12-13-14-15(2)3/h14H,4-7,10,13H2,1-3H3. The van der Waals surface area contributed by atoms with Crippen molar-refractivity contribution >= 4 is 0 Å². The van der Waals surface area contributed by atoms with E-state index in [2.05, 4.69) is 50.5 Å². The minimum Gasteiger partial charge on any atom is -0.102 e. The molecule has 0 nitrogen and oxygen atoms in total. The number of rotatable bonds is 4. The highest BCUT2D eigenvalue weighted by molar-refractivity contribution is 5.14. The van der Waals surface area contributed by atoms with Gasteiger partial charge in [-0.05, 0) is 20.3 Å². The van der Waals surface area contributed by atoms with E-state index >= 15 is 0 Å². The van der Waals surface area contributed by atoms with E-state index in [0.717, 1.165) is 19.3 Å². The Morgan fingerprint density at radius 1 is 1.00 bits per heavy atom. The molecule has 82 valence electrons. The second-order valence-electron chi connectivity index (χ2n) is 3.83. The normalized spacial score (nSPS) is 8.20. The Morgan fingerprint density at radius 3 is 2.40 bits per heavy atom. The largest absolute Gasteiger partial charge is 0.102 e. The summed E-state index contributed by atoms with van der Waals surface area (Å²) >= 11 is 0. The zero-order chi connectivity index (χ0) is 11.4. The lowest BCUT2D eigenvalue weighted by atomic mass is 10.2. The molecule has 0 heteroatoms. The molecule has 0 aliphatic heterocycles. The first kappa shape index (κ1) is 13.9. The third-order valence-corrected chi connectivity index (χ3v) is 1.94. The van der Waals surface area contributed by atoms with Crippen molar-refractivity contribution in [1.29, 1.82) is 0 Å². The lowest BCUT2D eigenvalue weighted by molar-refractivity contribution is 0.737. The molecule has 0 N–H and O–H groups in total. The molecular formula is C15H22. The summed E-state index contributed by atoms with van der Waals surface area (Å²) in [5, 5.41) is 0. The van der Waals surface area contributed by atoms with Gasteiger partial charge in [-0.15, -0.1) is 5.92 Å². The molecule has 0 atom stereocenters. The van der Waals surface area contributed by atoms with Gasteiger partial charge in [-0.2, -0.15) is 0 Å². The molecule has 0 saturated heterocycles. The van der Waals surface area contributed by atoms with Crippen LogP contribution < -0.4 is 0 Å². The summed E-state index contributed by atoms with van der Waals surface area (Å²) in [7, 11) is 0. The molecule has 0 aromatic heterocycles. The molecule has 0 unspecified atom stereocenters. The fourth-order valence-electron chi connectivity index (χ4n) is 1.05. The Kier molecular flexibility index (Phi) is 10.1. The molecule has 0 aliphatic rings. The van der Waals surface area contributed by atoms with Gasteiger partial charge in [-0.1, -0.05) is 49.2 Å². The molecule has 0 rings (SSSR count). The summed E-state index contributed by atoms with van der Waals surface area (Å²) in [6.07, 6.45) is 8.55. The van der Waals surface area contributed by atoms with Gasteiger partial charge in [0.1, 0.15) is 0 Å². The van der Waals surface area contributed by atoms with Crippen LogP contribution in [0.2, 0.25) is 0 Å². The Bertz CT molecular complexity index is 281. The van der Waals surface area contributed by atoms with Crippen molar-refractivity contribution < 1.29 is 0 Å². The number of hydrogen-bond acceptors (Lipinski definition) is 0. The summed E-state index contributed by atoms with van der Waals surface area (Å²) in [4.78, 5) is 0. The van der Waals surface area contributed by atoms with Crippen LogP contribution in [0.3, 0.4) is 0 Å². The van der Waals surface area contributed by atoms with Crippen LogP contribution in [0.4, 0.5) is 0 Å². The van der Waals surface area contributed by atoms with Crippen LogP contribution in [-0.4, -0.2) is 0 Å². The topological polar surface area (TPSA) is 0 Å². The molecule has 0 heterocycles. The molecule has 0 aromatic carbocycles. The third kappa shape index (κ3) is 12.9. The molecule has 0 aromatic rings. The monoisotopic (exact) mass is 202 g/mol. The predicted octanol–water partition coefficient (Wildman–Crippen LogP) is 4.32. The Labute approximate surface area is 95.2 Å². The van der Waals surface area contributed by atoms with Gasteiger partial charge in [0.05, 0.1) is 6.42 Å². The van der Waals surface area contributed by atoms with Crippen molar-refractivity contribution in [2.24, 2.45) is 0 Å². The zero-order valence-electron chi connectivity index (χ0n) is 10.3. The summed E-state index contributed by atoms with van der Waals surface area (Å²) < 4.78 is 0. The third-order valence-electron chi connectivity index (χ3n) is 1.94. The maximum atomic E-state index is 3.15. The van der Waals surface area contributed by atoms with Crippen LogP contribution in [0.1, 0.15) is 59.3 Å². The van der Waals surface area contributed by atoms with Crippen LogP contribution in [0.25, 0.3) is 0 Å². The summed E-state index contributed by atoms with van der Waals surface area (Å²) in [5.74, 6) is 12.4. The summed E-state index contributed by atoms with van der Waals surface area (Å²) in [6.45, 7) is 6.40. The lowest BCUT2D eigenvalue weighted by Gasteiger charge is -1.87. The molecule has 0 amide bonds. The minimum atomic E-state index is 0.725. The SMILES string of the molecule is CCCCCC#CCC#CCC=C(C)C. The van der Waals surface area contributed by atoms with Gasteiger partial charge in [0.2, 0.25) is 0 Å². The molecule has 0 aliphatic carbocycles. The van der Waals surface area contributed by atoms with Gasteiger partial charge in [-0.3, -0.25) is 0 Å². The highest BCUT2D eigenvalue weighted by atomic mass is 13.8. The van der Waals surface area contributed by atoms with E-state index in [1.807, 2.05) is 0 Å². The van der Waals surface area contributed by atoms with Crippen molar-refractivity contribution in [3.05, 3.63) is 11.6 Å². The van der Waals surface area contributed by atoms with E-state index in [0.29, 0.717) is 0 Å². The minimum absolute atomic E-state index is 0.725. The second kappa shape index (κ2) is 10.9. The fraction of sp³-hybridized carbons (Fsp3) is 0.600. The van der Waals surface area contributed by atoms with Crippen molar-refractivity contribution in [2.45, 2.75) is 59.3 Å². The van der Waals surface area contributed by atoms with E-state index in [1.54, 1.807) is 0 Å². The van der Waals surface area contributed by atoms with Gasteiger partial charge in [-0.25, -0.2) is 0 Å². The maximum absolute atomic E-state index is 3.15. The van der Waals surface area contributed by atoms with Crippen molar-refractivity contribution in [3.63, 3.8) is 0 Å². The van der Waals surface area contributed by atoms with Crippen molar-refractivity contribution in [1.82, 2.24) is 0 Å². The van der Waals surface area contributed by atoms with E-state index < -0.39 is 0 Å². The second-order valence-corrected chi connectivity index (χ2v) is 3.83. The molecule has 0 bridgehead atoms. The first-order chi connectivity index (χ1) is 7.27. The average Bonchev–Trinajstić information content (AvgIpc) is 2.20. The quantitative estimate of drug-likeness (QED) is 0.362. The fourth-order valence-corrected chi connectivity index (χ4v) is 1.05. The van der Waals surface area contributed by atoms with Crippen LogP contribution in [0.5, 0.6) is 0 Å². The maximum Gasteiger partial charge on any atom is 0.0702 e. The molecule has 0 fully saturated rings. The first-order valence-electron chi connectivity index (χ1n) is 5.82. The number of hydrogen-bond donors (Lipinski definition) is 0. The predicted molar refractivity (Wildman–Crippen MR) is 68.4 cm³/mol. The van der Waals surface area contributed by atoms with Crippen molar-refractivity contribution in [3.8, 4) is 23.7 Å². The van der Waals surface area contributed by atoms with Gasteiger partial charge in [0.15, 0.2) is 0 Å². The Hall–Kier alpha value is -1.14. The van der Waals surface area contributed by atoms with Gasteiger partial charge >= 0.3 is 0 Å². The molecule has 0 saturated carbocycles. The molecule has 15 heavy (non-hydrogen) atoms. The number of unbranched alkanes of at least 4 members (excludes halogenated alkanes) is 3. The molecule has 0 radical (unpaired) electrons. The van der Waals surface area contributed by atoms with Gasteiger partial charge in [0.25, 0.3) is 0 Å². The van der Waals surface area contributed by atoms with E-state index in [-0.39, 0.29) is 0 Å². The summed E-state index contributed by atoms with van der Waals surface area (Å²) in [6, 6.07) is 0. The van der Waals surface area contributed by atoms with Crippen LogP contribution in [0.15, 0.2) is 11.6 Å². The smallest absolute Gasteiger partial charge is 0.0702 e. The number of allylic oxidation sites excluding steroid dienone is 2. The van der Waals surface area contributed by atoms with Crippen LogP contribution in [-0.2, 0) is 0 Å². The van der Waals surface area contributed by atoms with Gasteiger partial charge < -0.3 is 0 Å². The molecule has 0 spiro atoms. The average molecular weight is 202 g/mol. The highest BCUT2D eigenvalue weighted by Gasteiger charge is 1.79.